The Morgan fingerprint density at radius 1 is 1.05 bits per heavy atom. The predicted octanol–water partition coefficient (Wildman–Crippen LogP) is 4.43. The molecule has 0 spiro atoms. The molecule has 1 heterocycles. The van der Waals surface area contributed by atoms with Gasteiger partial charge in [-0.15, -0.1) is 0 Å². The Kier molecular flexibility index (Phi) is 10.2. The second kappa shape index (κ2) is 13.5. The van der Waals surface area contributed by atoms with E-state index in [1.165, 1.54) is 23.8 Å². The van der Waals surface area contributed by atoms with Crippen LogP contribution < -0.4 is 20.3 Å². The summed E-state index contributed by atoms with van der Waals surface area (Å²) in [5.41, 5.74) is 4.52. The molecule has 13 nitrogen and oxygen atoms in total. The van der Waals surface area contributed by atoms with Crippen LogP contribution in [0.1, 0.15) is 31.2 Å². The average Bonchev–Trinajstić information content (AvgIpc) is 3.18. The first-order valence-corrected chi connectivity index (χ1v) is 12.8. The van der Waals surface area contributed by atoms with Gasteiger partial charge in [-0.05, 0) is 42.7 Å². The SMILES string of the molecule is COc1ccc(C=C2SC(=S)N(CCCCCC(=O)NNc3ccc([N+](=O)[O-])cc3[N+](=O)[O-])C2=O)cc1OC. The number of hydrogen-bond acceptors (Lipinski definition) is 11. The summed E-state index contributed by atoms with van der Waals surface area (Å²) in [6.45, 7) is 0.406. The molecule has 0 aromatic heterocycles. The fourth-order valence-corrected chi connectivity index (χ4v) is 4.92. The molecule has 0 radical (unpaired) electrons. The van der Waals surface area contributed by atoms with E-state index in [4.69, 9.17) is 21.7 Å². The number of nitrogens with one attached hydrogen (secondary N) is 2. The maximum atomic E-state index is 12.9. The van der Waals surface area contributed by atoms with Gasteiger partial charge in [-0.25, -0.2) is 0 Å². The maximum absolute atomic E-state index is 12.9. The molecule has 0 saturated carbocycles. The van der Waals surface area contributed by atoms with E-state index in [1.807, 2.05) is 6.07 Å². The number of hydrogen-bond donors (Lipinski definition) is 2. The number of rotatable bonds is 13. The molecular weight excluding hydrogens is 550 g/mol. The Morgan fingerprint density at radius 3 is 2.46 bits per heavy atom. The number of thioether (sulfide) groups is 1. The van der Waals surface area contributed by atoms with Gasteiger partial charge >= 0.3 is 5.69 Å². The van der Waals surface area contributed by atoms with E-state index in [2.05, 4.69) is 10.9 Å². The smallest absolute Gasteiger partial charge is 0.300 e. The van der Waals surface area contributed by atoms with Crippen molar-refractivity contribution in [3.63, 3.8) is 0 Å². The van der Waals surface area contributed by atoms with E-state index in [0.717, 1.165) is 23.8 Å². The molecule has 0 unspecified atom stereocenters. The quantitative estimate of drug-likeness (QED) is 0.114. The molecule has 0 bridgehead atoms. The molecule has 1 aliphatic heterocycles. The van der Waals surface area contributed by atoms with Gasteiger partial charge in [-0.2, -0.15) is 0 Å². The van der Waals surface area contributed by atoms with Crippen molar-refractivity contribution in [2.24, 2.45) is 0 Å². The second-order valence-electron chi connectivity index (χ2n) is 8.15. The maximum Gasteiger partial charge on any atom is 0.300 e. The first kappa shape index (κ1) is 29.3. The third-order valence-corrected chi connectivity index (χ3v) is 6.97. The largest absolute Gasteiger partial charge is 0.493 e. The van der Waals surface area contributed by atoms with Crippen molar-refractivity contribution < 1.29 is 28.9 Å². The zero-order valence-electron chi connectivity index (χ0n) is 21.0. The molecule has 39 heavy (non-hydrogen) atoms. The Hall–Kier alpha value is -4.24. The summed E-state index contributed by atoms with van der Waals surface area (Å²) in [7, 11) is 3.08. The van der Waals surface area contributed by atoms with Crippen LogP contribution in [0.3, 0.4) is 0 Å². The highest BCUT2D eigenvalue weighted by Crippen LogP contribution is 2.35. The summed E-state index contributed by atoms with van der Waals surface area (Å²) in [5, 5.41) is 22.0. The predicted molar refractivity (Wildman–Crippen MR) is 149 cm³/mol. The van der Waals surface area contributed by atoms with Crippen LogP contribution in [0, 0.1) is 20.2 Å². The highest BCUT2D eigenvalue weighted by Gasteiger charge is 2.31. The highest BCUT2D eigenvalue weighted by atomic mass is 32.2. The van der Waals surface area contributed by atoms with E-state index >= 15 is 0 Å². The topological polar surface area (TPSA) is 166 Å². The van der Waals surface area contributed by atoms with Crippen molar-refractivity contribution in [1.82, 2.24) is 10.3 Å². The zero-order chi connectivity index (χ0) is 28.5. The molecule has 3 rings (SSSR count). The minimum absolute atomic E-state index is 0.0746. The fraction of sp³-hybridized carbons (Fsp3) is 0.292. The Bertz CT molecular complexity index is 1330. The molecule has 2 amide bonds. The lowest BCUT2D eigenvalue weighted by Crippen LogP contribution is -2.30. The van der Waals surface area contributed by atoms with Gasteiger partial charge in [0.2, 0.25) is 5.91 Å². The molecule has 206 valence electrons. The molecule has 0 aliphatic carbocycles. The van der Waals surface area contributed by atoms with E-state index in [9.17, 15) is 29.8 Å². The number of ether oxygens (including phenoxy) is 2. The minimum Gasteiger partial charge on any atom is -0.493 e. The van der Waals surface area contributed by atoms with Gasteiger partial charge in [0.25, 0.3) is 11.6 Å². The number of unbranched alkanes of at least 4 members (excludes halogenated alkanes) is 2. The van der Waals surface area contributed by atoms with Crippen molar-refractivity contribution in [1.29, 1.82) is 0 Å². The van der Waals surface area contributed by atoms with Crippen LogP contribution in [0.15, 0.2) is 41.3 Å². The van der Waals surface area contributed by atoms with Crippen LogP contribution in [-0.2, 0) is 9.59 Å². The van der Waals surface area contributed by atoms with Crippen LogP contribution in [-0.4, -0.2) is 51.6 Å². The van der Waals surface area contributed by atoms with Gasteiger partial charge in [0.15, 0.2) is 11.5 Å². The molecule has 0 atom stereocenters. The molecule has 2 aromatic carbocycles. The van der Waals surface area contributed by atoms with Gasteiger partial charge in [-0.3, -0.25) is 45.6 Å². The lowest BCUT2D eigenvalue weighted by Gasteiger charge is -2.14. The van der Waals surface area contributed by atoms with Crippen LogP contribution in [0.5, 0.6) is 11.5 Å². The van der Waals surface area contributed by atoms with Crippen molar-refractivity contribution in [3.8, 4) is 11.5 Å². The summed E-state index contributed by atoms with van der Waals surface area (Å²) in [4.78, 5) is 47.5. The first-order chi connectivity index (χ1) is 18.6. The van der Waals surface area contributed by atoms with Gasteiger partial charge < -0.3 is 9.47 Å². The summed E-state index contributed by atoms with van der Waals surface area (Å²) >= 11 is 6.59. The number of hydrazine groups is 1. The Balaban J connectivity index is 1.44. The molecule has 2 N–H and O–H groups in total. The summed E-state index contributed by atoms with van der Waals surface area (Å²) in [5.74, 6) is 0.531. The number of carbonyl (C=O) groups is 2. The number of anilines is 1. The number of non-ortho nitro benzene ring substituents is 1. The van der Waals surface area contributed by atoms with E-state index in [-0.39, 0.29) is 18.0 Å². The number of amides is 2. The van der Waals surface area contributed by atoms with Gasteiger partial charge in [0, 0.05) is 19.0 Å². The third kappa shape index (κ3) is 7.64. The second-order valence-corrected chi connectivity index (χ2v) is 9.82. The molecule has 1 saturated heterocycles. The van der Waals surface area contributed by atoms with Crippen LogP contribution in [0.4, 0.5) is 17.1 Å². The lowest BCUT2D eigenvalue weighted by molar-refractivity contribution is -0.393. The number of nitro benzene ring substituents is 2. The van der Waals surface area contributed by atoms with E-state index < -0.39 is 27.1 Å². The van der Waals surface area contributed by atoms with Crippen LogP contribution >= 0.6 is 24.0 Å². The van der Waals surface area contributed by atoms with Crippen LogP contribution in [0.2, 0.25) is 0 Å². The number of carbonyl (C=O) groups excluding carboxylic acids is 2. The van der Waals surface area contributed by atoms with Crippen molar-refractivity contribution in [2.75, 3.05) is 26.2 Å². The Morgan fingerprint density at radius 2 is 1.79 bits per heavy atom. The minimum atomic E-state index is -0.779. The lowest BCUT2D eigenvalue weighted by atomic mass is 10.1. The molecule has 2 aromatic rings. The number of nitrogens with zero attached hydrogens (tertiary/aromatic N) is 3. The van der Waals surface area contributed by atoms with Gasteiger partial charge in [0.1, 0.15) is 10.0 Å². The normalized spacial score (nSPS) is 13.9. The van der Waals surface area contributed by atoms with Gasteiger partial charge in [0.05, 0.1) is 35.0 Å². The number of methoxy groups -OCH3 is 2. The Labute approximate surface area is 232 Å². The summed E-state index contributed by atoms with van der Waals surface area (Å²) in [6, 6.07) is 8.39. The van der Waals surface area contributed by atoms with Crippen molar-refractivity contribution in [2.45, 2.75) is 25.7 Å². The van der Waals surface area contributed by atoms with Crippen molar-refractivity contribution in [3.05, 3.63) is 67.1 Å². The van der Waals surface area contributed by atoms with Crippen molar-refractivity contribution >= 4 is 63.3 Å². The fourth-order valence-electron chi connectivity index (χ4n) is 3.61. The molecule has 15 heteroatoms. The standard InChI is InChI=1S/C24H25N5O8S2/c1-36-19-10-7-15(12-20(19)37-2)13-21-23(31)27(24(38)39-21)11-5-3-4-6-22(30)26-25-17-9-8-16(28(32)33)14-18(17)29(34)35/h7-10,12-14,25H,3-6,11H2,1-2H3,(H,26,30). The zero-order valence-corrected chi connectivity index (χ0v) is 22.6. The number of benzene rings is 2. The number of nitro groups is 2. The van der Waals surface area contributed by atoms with Crippen LogP contribution in [0.25, 0.3) is 6.08 Å². The monoisotopic (exact) mass is 575 g/mol. The average molecular weight is 576 g/mol. The highest BCUT2D eigenvalue weighted by molar-refractivity contribution is 8.26. The van der Waals surface area contributed by atoms with Gasteiger partial charge in [-0.1, -0.05) is 36.5 Å². The third-order valence-electron chi connectivity index (χ3n) is 5.59. The van der Waals surface area contributed by atoms with E-state index in [0.29, 0.717) is 46.5 Å². The number of thiocarbonyl (C=S) groups is 1. The first-order valence-electron chi connectivity index (χ1n) is 11.6. The molecule has 1 aliphatic rings. The molecule has 1 fully saturated rings. The summed E-state index contributed by atoms with van der Waals surface area (Å²) < 4.78 is 11.0. The van der Waals surface area contributed by atoms with E-state index in [1.54, 1.807) is 25.3 Å². The summed E-state index contributed by atoms with van der Waals surface area (Å²) in [6.07, 6.45) is 3.63. The molecular formula is C24H25N5O8S2.